The molecule has 1 heterocycles. The van der Waals surface area contributed by atoms with Crippen LogP contribution in [0.4, 0.5) is 22.7 Å². The summed E-state index contributed by atoms with van der Waals surface area (Å²) < 4.78 is 0. The predicted molar refractivity (Wildman–Crippen MR) is 126 cm³/mol. The molecular formula is C18H14N6O8S2. The summed E-state index contributed by atoms with van der Waals surface area (Å²) in [7, 11) is 0. The van der Waals surface area contributed by atoms with Crippen LogP contribution >= 0.6 is 24.4 Å². The fraction of sp³-hybridized carbons (Fsp3) is 0.222. The van der Waals surface area contributed by atoms with Gasteiger partial charge in [-0.2, -0.15) is 0 Å². The van der Waals surface area contributed by atoms with Crippen molar-refractivity contribution in [1.29, 1.82) is 0 Å². The molecule has 0 unspecified atom stereocenters. The molecule has 0 N–H and O–H groups in total. The van der Waals surface area contributed by atoms with Crippen molar-refractivity contribution in [3.63, 3.8) is 0 Å². The second-order valence-electron chi connectivity index (χ2n) is 7.02. The maximum Gasteiger partial charge on any atom is 0.286 e. The molecule has 0 aliphatic carbocycles. The molecule has 0 amide bonds. The molecule has 2 aromatic rings. The number of hydrogen-bond acceptors (Lipinski definition) is 10. The van der Waals surface area contributed by atoms with Crippen molar-refractivity contribution < 1.29 is 19.7 Å². The van der Waals surface area contributed by atoms with Crippen molar-refractivity contribution in [2.45, 2.75) is 0 Å². The molecule has 2 aromatic carbocycles. The highest BCUT2D eigenvalue weighted by molar-refractivity contribution is 7.81. The van der Waals surface area contributed by atoms with Crippen molar-refractivity contribution in [2.75, 3.05) is 26.2 Å². The van der Waals surface area contributed by atoms with Crippen LogP contribution in [-0.4, -0.2) is 65.6 Å². The standard InChI is InChI=1S/C18H14N6O8S2/c25-21(26)11-1-3-13(15(9-11)23(29)30)17(33)19-5-7-20(8-6-19)18(34)14-4-2-12(22(27)28)10-16(14)24(31)32/h1-4,9-10H,5-8H2. The van der Waals surface area contributed by atoms with Crippen molar-refractivity contribution in [1.82, 2.24) is 9.80 Å². The zero-order chi connectivity index (χ0) is 25.2. The molecule has 1 aliphatic rings. The molecule has 1 aliphatic heterocycles. The van der Waals surface area contributed by atoms with Crippen LogP contribution in [0.1, 0.15) is 11.1 Å². The van der Waals surface area contributed by atoms with Crippen LogP contribution in [0.3, 0.4) is 0 Å². The largest absolute Gasteiger partial charge is 0.359 e. The summed E-state index contributed by atoms with van der Waals surface area (Å²) in [5.74, 6) is 0. The Bertz CT molecular complexity index is 1150. The molecule has 1 saturated heterocycles. The van der Waals surface area contributed by atoms with Gasteiger partial charge in [-0.1, -0.05) is 24.4 Å². The average molecular weight is 506 g/mol. The van der Waals surface area contributed by atoms with Gasteiger partial charge in [0.1, 0.15) is 9.98 Å². The number of rotatable bonds is 6. The summed E-state index contributed by atoms with van der Waals surface area (Å²) >= 11 is 10.8. The third-order valence-corrected chi connectivity index (χ3v) is 6.05. The topological polar surface area (TPSA) is 179 Å². The minimum atomic E-state index is -0.742. The predicted octanol–water partition coefficient (Wildman–Crippen LogP) is 2.99. The Balaban J connectivity index is 1.77. The second-order valence-corrected chi connectivity index (χ2v) is 7.79. The molecule has 16 heteroatoms. The lowest BCUT2D eigenvalue weighted by molar-refractivity contribution is -0.394. The van der Waals surface area contributed by atoms with Gasteiger partial charge in [0.2, 0.25) is 0 Å². The Morgan fingerprint density at radius 3 is 1.21 bits per heavy atom. The zero-order valence-corrected chi connectivity index (χ0v) is 18.7. The van der Waals surface area contributed by atoms with Gasteiger partial charge in [-0.3, -0.25) is 40.5 Å². The third-order valence-electron chi connectivity index (χ3n) is 5.09. The molecule has 0 aromatic heterocycles. The lowest BCUT2D eigenvalue weighted by atomic mass is 10.1. The summed E-state index contributed by atoms with van der Waals surface area (Å²) in [5, 5.41) is 44.7. The van der Waals surface area contributed by atoms with E-state index in [4.69, 9.17) is 24.4 Å². The third kappa shape index (κ3) is 4.91. The smallest absolute Gasteiger partial charge is 0.286 e. The SMILES string of the molecule is O=[N+]([O-])c1ccc(C(=S)N2CCN(C(=S)c3ccc([N+](=O)[O-])cc3[N+](=O)[O-])CC2)c([N+](=O)[O-])c1. The molecule has 0 saturated carbocycles. The summed E-state index contributed by atoms with van der Waals surface area (Å²) in [4.78, 5) is 45.4. The van der Waals surface area contributed by atoms with E-state index in [1.165, 1.54) is 12.1 Å². The van der Waals surface area contributed by atoms with E-state index in [0.29, 0.717) is 0 Å². The molecule has 1 fully saturated rings. The Morgan fingerprint density at radius 1 is 0.618 bits per heavy atom. The summed E-state index contributed by atoms with van der Waals surface area (Å²) in [6, 6.07) is 6.43. The van der Waals surface area contributed by atoms with E-state index in [0.717, 1.165) is 24.3 Å². The Hall–Kier alpha value is -4.18. The highest BCUT2D eigenvalue weighted by Crippen LogP contribution is 2.29. The highest BCUT2D eigenvalue weighted by atomic mass is 32.1. The lowest BCUT2D eigenvalue weighted by Gasteiger charge is -2.37. The fourth-order valence-corrected chi connectivity index (χ4v) is 4.09. The molecule has 34 heavy (non-hydrogen) atoms. The van der Waals surface area contributed by atoms with Crippen molar-refractivity contribution >= 4 is 57.2 Å². The summed E-state index contributed by atoms with van der Waals surface area (Å²) in [5.41, 5.74) is -1.71. The number of benzene rings is 2. The lowest BCUT2D eigenvalue weighted by Crippen LogP contribution is -2.50. The molecule has 3 rings (SSSR count). The summed E-state index contributed by atoms with van der Waals surface area (Å²) in [6.07, 6.45) is 0. The maximum absolute atomic E-state index is 11.4. The van der Waals surface area contributed by atoms with E-state index in [1.807, 2.05) is 0 Å². The van der Waals surface area contributed by atoms with Crippen LogP contribution < -0.4 is 0 Å². The van der Waals surface area contributed by atoms with Crippen LogP contribution in [0.5, 0.6) is 0 Å². The van der Waals surface area contributed by atoms with Gasteiger partial charge in [0.05, 0.1) is 43.0 Å². The minimum Gasteiger partial charge on any atom is -0.359 e. The zero-order valence-electron chi connectivity index (χ0n) is 17.1. The van der Waals surface area contributed by atoms with Crippen LogP contribution in [-0.2, 0) is 0 Å². The van der Waals surface area contributed by atoms with Gasteiger partial charge in [-0.25, -0.2) is 0 Å². The first-order valence-electron chi connectivity index (χ1n) is 9.45. The van der Waals surface area contributed by atoms with Gasteiger partial charge < -0.3 is 9.80 Å². The van der Waals surface area contributed by atoms with Gasteiger partial charge in [0.15, 0.2) is 0 Å². The Kier molecular flexibility index (Phi) is 7.02. The van der Waals surface area contributed by atoms with Crippen LogP contribution in [0.25, 0.3) is 0 Å². The number of piperazine rings is 1. The number of non-ortho nitro benzene ring substituents is 2. The van der Waals surface area contributed by atoms with Gasteiger partial charge in [-0.05, 0) is 12.1 Å². The second kappa shape index (κ2) is 9.75. The van der Waals surface area contributed by atoms with E-state index in [-0.39, 0.29) is 47.3 Å². The number of nitro benzene ring substituents is 4. The van der Waals surface area contributed by atoms with Crippen molar-refractivity contribution in [3.05, 3.63) is 88.0 Å². The Labute approximate surface area is 201 Å². The monoisotopic (exact) mass is 506 g/mol. The van der Waals surface area contributed by atoms with Crippen LogP contribution in [0.2, 0.25) is 0 Å². The maximum atomic E-state index is 11.4. The molecule has 0 spiro atoms. The highest BCUT2D eigenvalue weighted by Gasteiger charge is 2.30. The fourth-order valence-electron chi connectivity index (χ4n) is 3.38. The molecule has 0 bridgehead atoms. The normalized spacial score (nSPS) is 13.3. The van der Waals surface area contributed by atoms with Crippen LogP contribution in [0.15, 0.2) is 36.4 Å². The van der Waals surface area contributed by atoms with E-state index in [9.17, 15) is 40.5 Å². The molecule has 14 nitrogen and oxygen atoms in total. The molecular weight excluding hydrogens is 492 g/mol. The van der Waals surface area contributed by atoms with Gasteiger partial charge >= 0.3 is 0 Å². The summed E-state index contributed by atoms with van der Waals surface area (Å²) in [6.45, 7) is 1.09. The first-order chi connectivity index (χ1) is 16.0. The quantitative estimate of drug-likeness (QED) is 0.318. The number of nitro groups is 4. The van der Waals surface area contributed by atoms with Gasteiger partial charge in [0, 0.05) is 38.3 Å². The molecule has 176 valence electrons. The number of hydrogen-bond donors (Lipinski definition) is 0. The van der Waals surface area contributed by atoms with Crippen LogP contribution in [0, 0.1) is 40.5 Å². The van der Waals surface area contributed by atoms with Gasteiger partial charge in [0.25, 0.3) is 22.7 Å². The molecule has 0 radical (unpaired) electrons. The average Bonchev–Trinajstić information content (AvgIpc) is 2.82. The Morgan fingerprint density at radius 2 is 0.941 bits per heavy atom. The first kappa shape index (κ1) is 24.5. The number of thiocarbonyl (C=S) groups is 2. The van der Waals surface area contributed by atoms with E-state index in [2.05, 4.69) is 0 Å². The van der Waals surface area contributed by atoms with E-state index < -0.39 is 42.4 Å². The number of nitrogens with zero attached hydrogens (tertiary/aromatic N) is 6. The first-order valence-corrected chi connectivity index (χ1v) is 10.3. The van der Waals surface area contributed by atoms with E-state index >= 15 is 0 Å². The van der Waals surface area contributed by atoms with E-state index in [1.54, 1.807) is 9.80 Å². The minimum absolute atomic E-state index is 0.0626. The molecule has 0 atom stereocenters. The van der Waals surface area contributed by atoms with Crippen molar-refractivity contribution in [2.24, 2.45) is 0 Å². The van der Waals surface area contributed by atoms with Gasteiger partial charge in [-0.15, -0.1) is 0 Å². The van der Waals surface area contributed by atoms with Crippen molar-refractivity contribution in [3.8, 4) is 0 Å².